The predicted octanol–water partition coefficient (Wildman–Crippen LogP) is 2.80. The van der Waals surface area contributed by atoms with E-state index < -0.39 is 4.92 Å². The van der Waals surface area contributed by atoms with Gasteiger partial charge >= 0.3 is 0 Å². The third kappa shape index (κ3) is 3.48. The Hall–Kier alpha value is -3.27. The number of methoxy groups -OCH3 is 1. The zero-order valence-corrected chi connectivity index (χ0v) is 13.9. The fraction of sp³-hybridized carbons (Fsp3) is 0.278. The Bertz CT molecular complexity index is 806. The monoisotopic (exact) mass is 338 g/mol. The van der Waals surface area contributed by atoms with Crippen LogP contribution in [0.3, 0.4) is 0 Å². The lowest BCUT2D eigenvalue weighted by atomic mass is 10.1. The van der Waals surface area contributed by atoms with Crippen LogP contribution < -0.4 is 14.5 Å². The van der Waals surface area contributed by atoms with Gasteiger partial charge in [-0.15, -0.1) is 0 Å². The number of nitriles is 1. The molecular weight excluding hydrogens is 320 g/mol. The molecule has 7 nitrogen and oxygen atoms in total. The Labute approximate surface area is 145 Å². The molecule has 0 spiro atoms. The molecule has 25 heavy (non-hydrogen) atoms. The molecule has 1 aliphatic heterocycles. The van der Waals surface area contributed by atoms with E-state index in [-0.39, 0.29) is 5.69 Å². The van der Waals surface area contributed by atoms with Crippen LogP contribution in [-0.4, -0.2) is 38.2 Å². The van der Waals surface area contributed by atoms with Gasteiger partial charge in [0.15, 0.2) is 0 Å². The van der Waals surface area contributed by atoms with Crippen LogP contribution in [-0.2, 0) is 0 Å². The summed E-state index contributed by atoms with van der Waals surface area (Å²) in [5, 5.41) is 20.2. The summed E-state index contributed by atoms with van der Waals surface area (Å²) in [4.78, 5) is 14.8. The summed E-state index contributed by atoms with van der Waals surface area (Å²) in [6.07, 6.45) is 0. The van der Waals surface area contributed by atoms with Gasteiger partial charge in [-0.1, -0.05) is 0 Å². The normalized spacial score (nSPS) is 14.1. The second-order valence-corrected chi connectivity index (χ2v) is 5.74. The first kappa shape index (κ1) is 16.6. The summed E-state index contributed by atoms with van der Waals surface area (Å²) in [6, 6.07) is 14.5. The van der Waals surface area contributed by atoms with E-state index in [2.05, 4.69) is 15.9 Å². The number of nitrogens with zero attached hydrogens (tertiary/aromatic N) is 4. The quantitative estimate of drug-likeness (QED) is 0.630. The van der Waals surface area contributed by atoms with E-state index in [1.54, 1.807) is 13.2 Å². The number of benzene rings is 2. The number of ether oxygens (including phenoxy) is 1. The van der Waals surface area contributed by atoms with Crippen LogP contribution in [0, 0.1) is 21.4 Å². The van der Waals surface area contributed by atoms with Gasteiger partial charge in [0, 0.05) is 44.0 Å². The molecule has 0 unspecified atom stereocenters. The molecule has 0 amide bonds. The van der Waals surface area contributed by atoms with E-state index in [4.69, 9.17) is 4.74 Å². The lowest BCUT2D eigenvalue weighted by Crippen LogP contribution is -2.46. The molecule has 7 heteroatoms. The van der Waals surface area contributed by atoms with Gasteiger partial charge < -0.3 is 14.5 Å². The van der Waals surface area contributed by atoms with Crippen molar-refractivity contribution in [2.45, 2.75) is 0 Å². The number of piperazine rings is 1. The van der Waals surface area contributed by atoms with Crippen molar-refractivity contribution in [1.82, 2.24) is 0 Å². The molecule has 1 saturated heterocycles. The van der Waals surface area contributed by atoms with Crippen molar-refractivity contribution in [3.63, 3.8) is 0 Å². The fourth-order valence-electron chi connectivity index (χ4n) is 3.00. The minimum Gasteiger partial charge on any atom is -0.497 e. The average molecular weight is 338 g/mol. The van der Waals surface area contributed by atoms with E-state index in [9.17, 15) is 15.4 Å². The number of hydrogen-bond donors (Lipinski definition) is 0. The maximum atomic E-state index is 10.9. The molecule has 2 aromatic carbocycles. The molecule has 0 atom stereocenters. The summed E-state index contributed by atoms with van der Waals surface area (Å²) >= 11 is 0. The molecule has 0 aliphatic carbocycles. The van der Waals surface area contributed by atoms with Crippen LogP contribution in [0.4, 0.5) is 17.1 Å². The minimum absolute atomic E-state index is 0.0582. The van der Waals surface area contributed by atoms with Crippen molar-refractivity contribution in [3.8, 4) is 11.8 Å². The number of nitro benzene ring substituents is 1. The van der Waals surface area contributed by atoms with Gasteiger partial charge in [-0.2, -0.15) is 5.26 Å². The lowest BCUT2D eigenvalue weighted by molar-refractivity contribution is -0.384. The molecule has 0 saturated carbocycles. The molecule has 1 heterocycles. The molecule has 0 aromatic heterocycles. The Balaban J connectivity index is 1.71. The maximum absolute atomic E-state index is 10.9. The van der Waals surface area contributed by atoms with E-state index >= 15 is 0 Å². The van der Waals surface area contributed by atoms with Gasteiger partial charge in [-0.3, -0.25) is 10.1 Å². The Kier molecular flexibility index (Phi) is 4.70. The fourth-order valence-corrected chi connectivity index (χ4v) is 3.00. The molecule has 2 aromatic rings. The lowest BCUT2D eigenvalue weighted by Gasteiger charge is -2.37. The number of non-ortho nitro benzene ring substituents is 1. The first-order chi connectivity index (χ1) is 12.1. The summed E-state index contributed by atoms with van der Waals surface area (Å²) in [7, 11) is 1.64. The number of rotatable bonds is 4. The van der Waals surface area contributed by atoms with Gasteiger partial charge in [-0.05, 0) is 30.3 Å². The minimum atomic E-state index is -0.480. The highest BCUT2D eigenvalue weighted by molar-refractivity contribution is 5.64. The molecule has 1 fully saturated rings. The van der Waals surface area contributed by atoms with Crippen molar-refractivity contribution >= 4 is 17.1 Å². The first-order valence-corrected chi connectivity index (χ1v) is 7.95. The van der Waals surface area contributed by atoms with E-state index in [0.29, 0.717) is 5.56 Å². The van der Waals surface area contributed by atoms with Gasteiger partial charge in [0.2, 0.25) is 0 Å². The smallest absolute Gasteiger partial charge is 0.270 e. The number of hydrogen-bond acceptors (Lipinski definition) is 6. The Morgan fingerprint density at radius 1 is 1.08 bits per heavy atom. The highest BCUT2D eigenvalue weighted by Gasteiger charge is 2.21. The second kappa shape index (κ2) is 7.09. The first-order valence-electron chi connectivity index (χ1n) is 7.95. The second-order valence-electron chi connectivity index (χ2n) is 5.74. The van der Waals surface area contributed by atoms with Crippen molar-refractivity contribution in [2.24, 2.45) is 0 Å². The summed E-state index contributed by atoms with van der Waals surface area (Å²) in [5.41, 5.74) is 2.16. The molecule has 0 N–H and O–H groups in total. The average Bonchev–Trinajstić information content (AvgIpc) is 2.67. The molecule has 0 bridgehead atoms. The summed E-state index contributed by atoms with van der Waals surface area (Å²) < 4.78 is 5.18. The van der Waals surface area contributed by atoms with Gasteiger partial charge in [-0.25, -0.2) is 0 Å². The van der Waals surface area contributed by atoms with Crippen LogP contribution in [0.1, 0.15) is 5.56 Å². The van der Waals surface area contributed by atoms with Crippen LogP contribution in [0.5, 0.6) is 5.75 Å². The number of anilines is 2. The van der Waals surface area contributed by atoms with Crippen molar-refractivity contribution in [2.75, 3.05) is 43.1 Å². The molecular formula is C18H18N4O3. The summed E-state index contributed by atoms with van der Waals surface area (Å²) in [5.74, 6) is 0.826. The predicted molar refractivity (Wildman–Crippen MR) is 95.2 cm³/mol. The highest BCUT2D eigenvalue weighted by Crippen LogP contribution is 2.27. The van der Waals surface area contributed by atoms with Crippen molar-refractivity contribution < 1.29 is 9.66 Å². The third-order valence-corrected chi connectivity index (χ3v) is 4.37. The van der Waals surface area contributed by atoms with Crippen molar-refractivity contribution in [1.29, 1.82) is 5.26 Å². The standard InChI is InChI=1S/C18H18N4O3/c1-25-17-5-2-15(3-6-17)20-8-10-21(11-9-20)18-7-4-16(22(23)24)12-14(18)13-19/h2-7,12H,8-11H2,1H3. The van der Waals surface area contributed by atoms with E-state index in [0.717, 1.165) is 43.3 Å². The zero-order valence-electron chi connectivity index (χ0n) is 13.9. The van der Waals surface area contributed by atoms with E-state index in [1.165, 1.54) is 12.1 Å². The van der Waals surface area contributed by atoms with Crippen LogP contribution in [0.25, 0.3) is 0 Å². The van der Waals surface area contributed by atoms with Gasteiger partial charge in [0.05, 0.1) is 23.3 Å². The number of nitro groups is 1. The molecule has 3 rings (SSSR count). The van der Waals surface area contributed by atoms with E-state index in [1.807, 2.05) is 24.3 Å². The van der Waals surface area contributed by atoms with Gasteiger partial charge in [0.25, 0.3) is 5.69 Å². The van der Waals surface area contributed by atoms with Crippen molar-refractivity contribution in [3.05, 3.63) is 58.1 Å². The highest BCUT2D eigenvalue weighted by atomic mass is 16.6. The maximum Gasteiger partial charge on any atom is 0.270 e. The molecule has 1 aliphatic rings. The largest absolute Gasteiger partial charge is 0.497 e. The molecule has 128 valence electrons. The SMILES string of the molecule is COc1ccc(N2CCN(c3ccc([N+](=O)[O-])cc3C#N)CC2)cc1. The zero-order chi connectivity index (χ0) is 17.8. The summed E-state index contributed by atoms with van der Waals surface area (Å²) in [6.45, 7) is 3.12. The third-order valence-electron chi connectivity index (χ3n) is 4.37. The van der Waals surface area contributed by atoms with Crippen LogP contribution in [0.2, 0.25) is 0 Å². The topological polar surface area (TPSA) is 82.6 Å². The Morgan fingerprint density at radius 2 is 1.72 bits per heavy atom. The van der Waals surface area contributed by atoms with Crippen LogP contribution in [0.15, 0.2) is 42.5 Å². The van der Waals surface area contributed by atoms with Gasteiger partial charge in [0.1, 0.15) is 11.8 Å². The van der Waals surface area contributed by atoms with Crippen LogP contribution >= 0.6 is 0 Å². The molecule has 0 radical (unpaired) electrons. The Morgan fingerprint density at radius 3 is 2.28 bits per heavy atom.